The minimum atomic E-state index is -0.241. The van der Waals surface area contributed by atoms with Gasteiger partial charge in [-0.3, -0.25) is 4.79 Å². The molecule has 0 bridgehead atoms. The molecule has 0 saturated carbocycles. The van der Waals surface area contributed by atoms with Crippen LogP contribution in [0.25, 0.3) is 6.08 Å². The number of para-hydroxylation sites is 1. The number of ether oxygens (including phenoxy) is 1. The van der Waals surface area contributed by atoms with Crippen molar-refractivity contribution in [2.75, 3.05) is 12.4 Å². The smallest absolute Gasteiger partial charge is 0.248 e. The fourth-order valence-electron chi connectivity index (χ4n) is 1.70. The van der Waals surface area contributed by atoms with E-state index in [-0.39, 0.29) is 5.91 Å². The molecule has 0 heterocycles. The molecule has 2 rings (SSSR count). The van der Waals surface area contributed by atoms with Crippen LogP contribution in [-0.2, 0) is 4.79 Å². The van der Waals surface area contributed by atoms with Gasteiger partial charge in [0.25, 0.3) is 0 Å². The molecule has 0 radical (unpaired) electrons. The summed E-state index contributed by atoms with van der Waals surface area (Å²) in [4.78, 5) is 11.9. The highest BCUT2D eigenvalue weighted by molar-refractivity contribution is 9.10. The molecule has 0 aliphatic carbocycles. The predicted molar refractivity (Wildman–Crippen MR) is 89.8 cm³/mol. The number of halogens is 2. The van der Waals surface area contributed by atoms with E-state index in [0.29, 0.717) is 10.7 Å². The van der Waals surface area contributed by atoms with Gasteiger partial charge in [-0.1, -0.05) is 29.8 Å². The SMILES string of the molecule is COc1ccc(C=CC(=O)Nc2ccccc2Cl)cc1Br. The molecule has 2 aromatic carbocycles. The second-order valence-corrected chi connectivity index (χ2v) is 5.46. The van der Waals surface area contributed by atoms with Crippen molar-refractivity contribution in [3.63, 3.8) is 0 Å². The number of rotatable bonds is 4. The third-order valence-corrected chi connectivity index (χ3v) is 3.68. The molecule has 1 N–H and O–H groups in total. The maximum absolute atomic E-state index is 11.9. The summed E-state index contributed by atoms with van der Waals surface area (Å²) in [5.41, 5.74) is 1.47. The summed E-state index contributed by atoms with van der Waals surface area (Å²) >= 11 is 9.38. The average molecular weight is 367 g/mol. The van der Waals surface area contributed by atoms with Crippen molar-refractivity contribution in [2.24, 2.45) is 0 Å². The van der Waals surface area contributed by atoms with Gasteiger partial charge in [-0.25, -0.2) is 0 Å². The average Bonchev–Trinajstić information content (AvgIpc) is 2.48. The number of hydrogen-bond donors (Lipinski definition) is 1. The van der Waals surface area contributed by atoms with Crippen molar-refractivity contribution in [3.8, 4) is 5.75 Å². The molecule has 0 fully saturated rings. The molecule has 0 atom stereocenters. The molecule has 1 amide bonds. The van der Waals surface area contributed by atoms with E-state index >= 15 is 0 Å². The molecule has 0 unspecified atom stereocenters. The molecule has 0 aromatic heterocycles. The Labute approximate surface area is 136 Å². The first kappa shape index (κ1) is 15.6. The summed E-state index contributed by atoms with van der Waals surface area (Å²) in [7, 11) is 1.60. The van der Waals surface area contributed by atoms with Crippen LogP contribution in [0.5, 0.6) is 5.75 Å². The standard InChI is InChI=1S/C16H13BrClNO2/c1-21-15-8-6-11(10-12(15)17)7-9-16(20)19-14-5-3-2-4-13(14)18/h2-10H,1H3,(H,19,20). The van der Waals surface area contributed by atoms with Crippen molar-refractivity contribution in [2.45, 2.75) is 0 Å². The third kappa shape index (κ3) is 4.34. The number of hydrogen-bond acceptors (Lipinski definition) is 2. The number of amides is 1. The number of carbonyl (C=O) groups is 1. The zero-order valence-corrected chi connectivity index (χ0v) is 13.6. The molecular weight excluding hydrogens is 354 g/mol. The van der Waals surface area contributed by atoms with E-state index in [1.54, 1.807) is 25.3 Å². The Morgan fingerprint density at radius 3 is 2.71 bits per heavy atom. The van der Waals surface area contributed by atoms with Gasteiger partial charge in [0.2, 0.25) is 5.91 Å². The Kier molecular flexibility index (Phi) is 5.42. The number of carbonyl (C=O) groups excluding carboxylic acids is 1. The number of nitrogens with one attached hydrogen (secondary N) is 1. The normalized spacial score (nSPS) is 10.6. The highest BCUT2D eigenvalue weighted by Crippen LogP contribution is 2.26. The quantitative estimate of drug-likeness (QED) is 0.792. The van der Waals surface area contributed by atoms with Crippen molar-refractivity contribution >= 4 is 45.2 Å². The Morgan fingerprint density at radius 2 is 2.05 bits per heavy atom. The van der Waals surface area contributed by atoms with E-state index in [0.717, 1.165) is 15.8 Å². The Bertz CT molecular complexity index is 686. The maximum Gasteiger partial charge on any atom is 0.248 e. The van der Waals surface area contributed by atoms with Crippen LogP contribution in [0.3, 0.4) is 0 Å². The topological polar surface area (TPSA) is 38.3 Å². The lowest BCUT2D eigenvalue weighted by Crippen LogP contribution is -2.07. The summed E-state index contributed by atoms with van der Waals surface area (Å²) in [6, 6.07) is 12.7. The first-order valence-corrected chi connectivity index (χ1v) is 7.34. The van der Waals surface area contributed by atoms with Gasteiger partial charge >= 0.3 is 0 Å². The van der Waals surface area contributed by atoms with Crippen molar-refractivity contribution in [1.82, 2.24) is 0 Å². The van der Waals surface area contributed by atoms with Crippen molar-refractivity contribution in [3.05, 3.63) is 63.6 Å². The van der Waals surface area contributed by atoms with E-state index in [9.17, 15) is 4.79 Å². The van der Waals surface area contributed by atoms with Gasteiger partial charge in [0.15, 0.2) is 0 Å². The third-order valence-electron chi connectivity index (χ3n) is 2.73. The molecular formula is C16H13BrClNO2. The lowest BCUT2D eigenvalue weighted by Gasteiger charge is -2.05. The monoisotopic (exact) mass is 365 g/mol. The molecule has 0 spiro atoms. The Morgan fingerprint density at radius 1 is 1.29 bits per heavy atom. The molecule has 108 valence electrons. The zero-order valence-electron chi connectivity index (χ0n) is 11.3. The molecule has 0 aliphatic heterocycles. The van der Waals surface area contributed by atoms with Crippen LogP contribution in [0.15, 0.2) is 53.0 Å². The van der Waals surface area contributed by atoms with E-state index in [1.807, 2.05) is 30.3 Å². The van der Waals surface area contributed by atoms with Crippen LogP contribution >= 0.6 is 27.5 Å². The van der Waals surface area contributed by atoms with E-state index in [1.165, 1.54) is 6.08 Å². The van der Waals surface area contributed by atoms with Crippen LogP contribution in [0.2, 0.25) is 5.02 Å². The van der Waals surface area contributed by atoms with Crippen LogP contribution in [0.4, 0.5) is 5.69 Å². The van der Waals surface area contributed by atoms with E-state index in [2.05, 4.69) is 21.2 Å². The van der Waals surface area contributed by atoms with Gasteiger partial charge < -0.3 is 10.1 Å². The first-order valence-electron chi connectivity index (χ1n) is 6.17. The van der Waals surface area contributed by atoms with Crippen LogP contribution in [0, 0.1) is 0 Å². The summed E-state index contributed by atoms with van der Waals surface area (Å²) in [5, 5.41) is 3.23. The van der Waals surface area contributed by atoms with Crippen molar-refractivity contribution in [1.29, 1.82) is 0 Å². The zero-order chi connectivity index (χ0) is 15.2. The van der Waals surface area contributed by atoms with Gasteiger partial charge in [-0.2, -0.15) is 0 Å². The molecule has 3 nitrogen and oxygen atoms in total. The fraction of sp³-hybridized carbons (Fsp3) is 0.0625. The van der Waals surface area contributed by atoms with Gasteiger partial charge in [-0.15, -0.1) is 0 Å². The van der Waals surface area contributed by atoms with E-state index < -0.39 is 0 Å². The molecule has 21 heavy (non-hydrogen) atoms. The van der Waals surface area contributed by atoms with Gasteiger partial charge in [0.05, 0.1) is 22.3 Å². The van der Waals surface area contributed by atoms with Crippen molar-refractivity contribution < 1.29 is 9.53 Å². The largest absolute Gasteiger partial charge is 0.496 e. The summed E-state index contributed by atoms with van der Waals surface area (Å²) < 4.78 is 5.98. The maximum atomic E-state index is 11.9. The molecule has 0 aliphatic rings. The van der Waals surface area contributed by atoms with E-state index in [4.69, 9.17) is 16.3 Å². The number of benzene rings is 2. The molecule has 5 heteroatoms. The predicted octanol–water partition coefficient (Wildman–Crippen LogP) is 4.76. The van der Waals surface area contributed by atoms with Crippen LogP contribution in [-0.4, -0.2) is 13.0 Å². The highest BCUT2D eigenvalue weighted by atomic mass is 79.9. The molecule has 2 aromatic rings. The van der Waals surface area contributed by atoms with Gasteiger partial charge in [-0.05, 0) is 51.8 Å². The molecule has 0 saturated heterocycles. The van der Waals surface area contributed by atoms with Gasteiger partial charge in [0.1, 0.15) is 5.75 Å². The van der Waals surface area contributed by atoms with Crippen LogP contribution in [0.1, 0.15) is 5.56 Å². The van der Waals surface area contributed by atoms with Gasteiger partial charge in [0, 0.05) is 6.08 Å². The highest BCUT2D eigenvalue weighted by Gasteiger charge is 2.03. The first-order chi connectivity index (χ1) is 10.1. The summed E-state index contributed by atoms with van der Waals surface area (Å²) in [6.07, 6.45) is 3.17. The second-order valence-electron chi connectivity index (χ2n) is 4.20. The lowest BCUT2D eigenvalue weighted by molar-refractivity contribution is -0.111. The summed E-state index contributed by atoms with van der Waals surface area (Å²) in [5.74, 6) is 0.503. The number of methoxy groups -OCH3 is 1. The Hall–Kier alpha value is -1.78. The minimum Gasteiger partial charge on any atom is -0.496 e. The Balaban J connectivity index is 2.05. The lowest BCUT2D eigenvalue weighted by atomic mass is 10.2. The second kappa shape index (κ2) is 7.29. The minimum absolute atomic E-state index is 0.241. The van der Waals surface area contributed by atoms with Crippen LogP contribution < -0.4 is 10.1 Å². The number of anilines is 1. The fourth-order valence-corrected chi connectivity index (χ4v) is 2.44. The summed E-state index contributed by atoms with van der Waals surface area (Å²) in [6.45, 7) is 0.